The van der Waals surface area contributed by atoms with Gasteiger partial charge in [-0.25, -0.2) is 0 Å². The van der Waals surface area contributed by atoms with Crippen molar-refractivity contribution in [3.8, 4) is 0 Å². The lowest BCUT2D eigenvalue weighted by Crippen LogP contribution is -1.89. The van der Waals surface area contributed by atoms with Crippen LogP contribution in [0.25, 0.3) is 0 Å². The van der Waals surface area contributed by atoms with Gasteiger partial charge in [0.2, 0.25) is 0 Å². The van der Waals surface area contributed by atoms with Crippen LogP contribution in [0.3, 0.4) is 0 Å². The van der Waals surface area contributed by atoms with Crippen LogP contribution in [0.5, 0.6) is 0 Å². The van der Waals surface area contributed by atoms with Crippen LogP contribution in [0.15, 0.2) is 12.1 Å². The maximum Gasteiger partial charge on any atom is 0.0453 e. The van der Waals surface area contributed by atoms with Gasteiger partial charge in [0.15, 0.2) is 0 Å². The fourth-order valence-electron chi connectivity index (χ4n) is 0.680. The number of hydrogen-bond acceptors (Lipinski definition) is 1. The van der Waals surface area contributed by atoms with Crippen LogP contribution >= 0.6 is 46.6 Å². The summed E-state index contributed by atoms with van der Waals surface area (Å²) >= 11 is 7.98. The molecular formula is C7H8Cl2IN. The Morgan fingerprint density at radius 1 is 1.45 bits per heavy atom. The second-order valence-corrected chi connectivity index (χ2v) is 3.69. The average Bonchev–Trinajstić information content (AvgIpc) is 1.84. The molecule has 1 nitrogen and oxygen atoms in total. The number of benzene rings is 1. The second-order valence-electron chi connectivity index (χ2n) is 2.12. The Labute approximate surface area is 90.9 Å². The monoisotopic (exact) mass is 303 g/mol. The summed E-state index contributed by atoms with van der Waals surface area (Å²) in [5.41, 5.74) is 7.44. The Hall–Kier alpha value is 0.330. The van der Waals surface area contributed by atoms with Crippen LogP contribution in [0.1, 0.15) is 5.56 Å². The van der Waals surface area contributed by atoms with Gasteiger partial charge in [0, 0.05) is 14.3 Å². The summed E-state index contributed by atoms with van der Waals surface area (Å²) in [6.07, 6.45) is 0. The van der Waals surface area contributed by atoms with E-state index in [-0.39, 0.29) is 12.4 Å². The molecule has 0 unspecified atom stereocenters. The van der Waals surface area contributed by atoms with Gasteiger partial charge in [0.25, 0.3) is 0 Å². The lowest BCUT2D eigenvalue weighted by molar-refractivity contribution is 1.45. The van der Waals surface area contributed by atoms with Crippen molar-refractivity contribution in [3.05, 3.63) is 26.3 Å². The highest BCUT2D eigenvalue weighted by Gasteiger charge is 1.98. The molecule has 0 bridgehead atoms. The lowest BCUT2D eigenvalue weighted by Gasteiger charge is -2.01. The Kier molecular flexibility index (Phi) is 4.51. The van der Waals surface area contributed by atoms with Gasteiger partial charge in [-0.05, 0) is 47.2 Å². The van der Waals surface area contributed by atoms with E-state index in [1.54, 1.807) is 0 Å². The van der Waals surface area contributed by atoms with Gasteiger partial charge in [0.05, 0.1) is 0 Å². The van der Waals surface area contributed by atoms with E-state index in [4.69, 9.17) is 17.3 Å². The zero-order chi connectivity index (χ0) is 7.72. The molecule has 1 rings (SSSR count). The molecule has 4 heteroatoms. The van der Waals surface area contributed by atoms with Crippen molar-refractivity contribution in [1.82, 2.24) is 0 Å². The van der Waals surface area contributed by atoms with Gasteiger partial charge >= 0.3 is 0 Å². The molecule has 0 aromatic heterocycles. The third-order valence-corrected chi connectivity index (χ3v) is 2.62. The zero-order valence-corrected chi connectivity index (χ0v) is 9.63. The van der Waals surface area contributed by atoms with Crippen molar-refractivity contribution in [2.45, 2.75) is 6.92 Å². The summed E-state index contributed by atoms with van der Waals surface area (Å²) in [6, 6.07) is 3.75. The van der Waals surface area contributed by atoms with E-state index in [0.29, 0.717) is 0 Å². The van der Waals surface area contributed by atoms with Crippen molar-refractivity contribution < 1.29 is 0 Å². The first-order chi connectivity index (χ1) is 4.61. The third-order valence-electron chi connectivity index (χ3n) is 1.28. The standard InChI is InChI=1S/C7H7ClIN.ClH/c1-4-2-7(10)6(9)3-5(4)8;/h2-3H,10H2,1H3;1H. The van der Waals surface area contributed by atoms with Crippen LogP contribution in [0.2, 0.25) is 5.02 Å². The minimum Gasteiger partial charge on any atom is -0.398 e. The van der Waals surface area contributed by atoms with Gasteiger partial charge < -0.3 is 5.73 Å². The molecule has 0 atom stereocenters. The number of rotatable bonds is 0. The molecule has 0 saturated carbocycles. The first kappa shape index (κ1) is 11.3. The van der Waals surface area contributed by atoms with Crippen molar-refractivity contribution in [3.63, 3.8) is 0 Å². The molecule has 0 radical (unpaired) electrons. The molecule has 0 aliphatic rings. The minimum absolute atomic E-state index is 0. The topological polar surface area (TPSA) is 26.0 Å². The lowest BCUT2D eigenvalue weighted by atomic mass is 10.2. The first-order valence-electron chi connectivity index (χ1n) is 2.82. The number of halogens is 3. The molecule has 62 valence electrons. The second kappa shape index (κ2) is 4.38. The van der Waals surface area contributed by atoms with E-state index in [1.807, 2.05) is 19.1 Å². The molecular weight excluding hydrogens is 296 g/mol. The van der Waals surface area contributed by atoms with E-state index in [9.17, 15) is 0 Å². The number of nitrogen functional groups attached to an aromatic ring is 1. The number of nitrogens with two attached hydrogens (primary N) is 1. The molecule has 0 aliphatic carbocycles. The summed E-state index contributed by atoms with van der Waals surface area (Å²) in [4.78, 5) is 0. The first-order valence-corrected chi connectivity index (χ1v) is 4.28. The predicted molar refractivity (Wildman–Crippen MR) is 60.6 cm³/mol. The van der Waals surface area contributed by atoms with Crippen LogP contribution in [-0.4, -0.2) is 0 Å². The molecule has 0 spiro atoms. The molecule has 0 aliphatic heterocycles. The van der Waals surface area contributed by atoms with Crippen LogP contribution in [0, 0.1) is 10.5 Å². The minimum atomic E-state index is 0. The largest absolute Gasteiger partial charge is 0.398 e. The van der Waals surface area contributed by atoms with Crippen LogP contribution < -0.4 is 5.73 Å². The van der Waals surface area contributed by atoms with E-state index < -0.39 is 0 Å². The summed E-state index contributed by atoms with van der Waals surface area (Å²) in [6.45, 7) is 1.94. The van der Waals surface area contributed by atoms with Crippen LogP contribution in [-0.2, 0) is 0 Å². The summed E-state index contributed by atoms with van der Waals surface area (Å²) < 4.78 is 1.01. The molecule has 0 heterocycles. The number of aryl methyl sites for hydroxylation is 1. The quantitative estimate of drug-likeness (QED) is 0.578. The number of anilines is 1. The van der Waals surface area contributed by atoms with E-state index in [2.05, 4.69) is 22.6 Å². The average molecular weight is 304 g/mol. The Morgan fingerprint density at radius 2 is 2.00 bits per heavy atom. The van der Waals surface area contributed by atoms with Gasteiger partial charge in [-0.2, -0.15) is 0 Å². The fourth-order valence-corrected chi connectivity index (χ4v) is 1.49. The number of hydrogen-bond donors (Lipinski definition) is 1. The molecule has 0 fully saturated rings. The smallest absolute Gasteiger partial charge is 0.0453 e. The molecule has 11 heavy (non-hydrogen) atoms. The normalized spacial score (nSPS) is 9.00. The van der Waals surface area contributed by atoms with Crippen molar-refractivity contribution in [1.29, 1.82) is 0 Å². The van der Waals surface area contributed by atoms with Gasteiger partial charge in [-0.1, -0.05) is 11.6 Å². The summed E-state index contributed by atoms with van der Waals surface area (Å²) in [5, 5.41) is 0.776. The highest BCUT2D eigenvalue weighted by atomic mass is 127. The Morgan fingerprint density at radius 3 is 2.45 bits per heavy atom. The van der Waals surface area contributed by atoms with Crippen molar-refractivity contribution in [2.75, 3.05) is 5.73 Å². The predicted octanol–water partition coefficient (Wildman–Crippen LogP) is 3.26. The molecule has 0 saturated heterocycles. The van der Waals surface area contributed by atoms with E-state index in [1.165, 1.54) is 0 Å². The molecule has 1 aromatic carbocycles. The SMILES string of the molecule is Cc1cc(N)c(I)cc1Cl.Cl. The van der Waals surface area contributed by atoms with Crippen LogP contribution in [0.4, 0.5) is 5.69 Å². The highest BCUT2D eigenvalue weighted by Crippen LogP contribution is 2.23. The third kappa shape index (κ3) is 2.69. The molecule has 1 aromatic rings. The van der Waals surface area contributed by atoms with Gasteiger partial charge in [-0.15, -0.1) is 12.4 Å². The molecule has 2 N–H and O–H groups in total. The van der Waals surface area contributed by atoms with Gasteiger partial charge in [-0.3, -0.25) is 0 Å². The highest BCUT2D eigenvalue weighted by molar-refractivity contribution is 14.1. The Bertz CT molecular complexity index is 213. The van der Waals surface area contributed by atoms with E-state index in [0.717, 1.165) is 19.8 Å². The maximum absolute atomic E-state index is 5.83. The summed E-state index contributed by atoms with van der Waals surface area (Å²) in [5.74, 6) is 0. The fraction of sp³-hybridized carbons (Fsp3) is 0.143. The van der Waals surface area contributed by atoms with Crippen molar-refractivity contribution in [2.24, 2.45) is 0 Å². The van der Waals surface area contributed by atoms with Crippen molar-refractivity contribution >= 4 is 52.3 Å². The van der Waals surface area contributed by atoms with E-state index >= 15 is 0 Å². The Balaban J connectivity index is 0.000001000. The molecule has 0 amide bonds. The maximum atomic E-state index is 5.83. The van der Waals surface area contributed by atoms with Gasteiger partial charge in [0.1, 0.15) is 0 Å². The zero-order valence-electron chi connectivity index (χ0n) is 5.90. The summed E-state index contributed by atoms with van der Waals surface area (Å²) in [7, 11) is 0.